The summed E-state index contributed by atoms with van der Waals surface area (Å²) in [6.07, 6.45) is -7.52. The normalized spacial score (nSPS) is 13.6. The quantitative estimate of drug-likeness (QED) is 0.0215. The van der Waals surface area contributed by atoms with Crippen LogP contribution >= 0.6 is 0 Å². The van der Waals surface area contributed by atoms with Crippen molar-refractivity contribution in [2.24, 2.45) is 17.8 Å². The minimum atomic E-state index is -8.10. The molecule has 29 heteroatoms. The van der Waals surface area contributed by atoms with Crippen LogP contribution in [0.3, 0.4) is 0 Å². The number of aliphatic hydroxyl groups is 1. The zero-order chi connectivity index (χ0) is 62.9. The van der Waals surface area contributed by atoms with Crippen LogP contribution in [0.5, 0.6) is 11.5 Å². The number of carbonyl (C=O) groups excluding carboxylic acids is 4. The van der Waals surface area contributed by atoms with Crippen LogP contribution < -0.4 is 9.47 Å². The molecule has 0 heterocycles. The molecule has 0 spiro atoms. The highest BCUT2D eigenvalue weighted by molar-refractivity contribution is 5.91. The van der Waals surface area contributed by atoms with Gasteiger partial charge in [0, 0.05) is 79.1 Å². The molecule has 3 unspecified atom stereocenters. The van der Waals surface area contributed by atoms with Gasteiger partial charge in [0.15, 0.2) is 0 Å². The van der Waals surface area contributed by atoms with Crippen LogP contribution in [0.2, 0.25) is 0 Å². The van der Waals surface area contributed by atoms with E-state index in [2.05, 4.69) is 4.74 Å². The highest BCUT2D eigenvalue weighted by Gasteiger charge is 2.90. The summed E-state index contributed by atoms with van der Waals surface area (Å²) in [5.41, 5.74) is 0.552. The van der Waals surface area contributed by atoms with Crippen molar-refractivity contribution in [3.05, 3.63) is 59.7 Å². The summed E-state index contributed by atoms with van der Waals surface area (Å²) in [5, 5.41) is 17.7. The number of alkyl halides is 13. The average molecular weight is 1230 g/mol. The zero-order valence-electron chi connectivity index (χ0n) is 46.5. The highest BCUT2D eigenvalue weighted by Crippen LogP contribution is 2.60. The molecule has 0 saturated heterocycles. The molecule has 84 heavy (non-hydrogen) atoms. The predicted octanol–water partition coefficient (Wildman–Crippen LogP) is 11.2. The molecule has 478 valence electrons. The lowest BCUT2D eigenvalue weighted by Crippen LogP contribution is -2.70. The standard InChI is InChI=1S/C55H72F13NO15/c1-3-41(47(72)83-35-20-50(56,57)51(58,59)52(60,61)53(62,63)54(64,65)55(66,67)68)37-43(48(73)82-33-5-4-32-80-44-18-14-42(15-19-44)49(74)84-45-16-12-40(38-69)13-17-45)36-39(2)46(71)81-34-11-31-79-30-10-29-78-28-9-27-77-26-8-25-76-24-7-23-75-22-6-21-70/h12-19,39,41,43,70H,3-11,20-37H2,1-2H3. The number of ether oxygens (including phenoxy) is 10. The lowest BCUT2D eigenvalue weighted by molar-refractivity contribution is -0.440. The van der Waals surface area contributed by atoms with E-state index >= 15 is 0 Å². The van der Waals surface area contributed by atoms with E-state index in [-0.39, 0.29) is 76.5 Å². The number of nitriles is 1. The number of rotatable bonds is 46. The van der Waals surface area contributed by atoms with Gasteiger partial charge in [-0.15, -0.1) is 0 Å². The Morgan fingerprint density at radius 2 is 0.905 bits per heavy atom. The third kappa shape index (κ3) is 24.8. The summed E-state index contributed by atoms with van der Waals surface area (Å²) in [7, 11) is 0. The molecular formula is C55H72F13NO15. The van der Waals surface area contributed by atoms with Crippen LogP contribution in [-0.2, 0) is 52.3 Å². The van der Waals surface area contributed by atoms with E-state index in [1.807, 2.05) is 6.07 Å². The van der Waals surface area contributed by atoms with Crippen molar-refractivity contribution >= 4 is 23.9 Å². The number of nitrogens with zero attached hydrogens (tertiary/aromatic N) is 1. The monoisotopic (exact) mass is 1230 g/mol. The van der Waals surface area contributed by atoms with Crippen molar-refractivity contribution in [1.29, 1.82) is 5.26 Å². The second-order valence-corrected chi connectivity index (χ2v) is 18.9. The topological polar surface area (TPSA) is 205 Å². The van der Waals surface area contributed by atoms with Gasteiger partial charge in [0.25, 0.3) is 0 Å². The molecule has 0 aliphatic heterocycles. The number of aliphatic hydroxyl groups excluding tert-OH is 1. The molecule has 2 rings (SSSR count). The highest BCUT2D eigenvalue weighted by atomic mass is 19.4. The van der Waals surface area contributed by atoms with Gasteiger partial charge >= 0.3 is 59.7 Å². The number of hydrogen-bond acceptors (Lipinski definition) is 16. The Morgan fingerprint density at radius 1 is 0.488 bits per heavy atom. The Labute approximate surface area is 477 Å². The first-order chi connectivity index (χ1) is 39.6. The maximum atomic E-state index is 14.5. The minimum absolute atomic E-state index is 0.0782. The first kappa shape index (κ1) is 74.6. The molecule has 0 fully saturated rings. The Bertz CT molecular complexity index is 2250. The Hall–Kier alpha value is -5.54. The van der Waals surface area contributed by atoms with E-state index in [0.29, 0.717) is 90.0 Å². The van der Waals surface area contributed by atoms with Gasteiger partial charge in [-0.2, -0.15) is 62.3 Å². The van der Waals surface area contributed by atoms with Crippen molar-refractivity contribution < 1.29 is 129 Å². The van der Waals surface area contributed by atoms with Gasteiger partial charge in [0.2, 0.25) is 0 Å². The smallest absolute Gasteiger partial charge is 0.460 e. The third-order valence-corrected chi connectivity index (χ3v) is 12.2. The number of benzene rings is 2. The van der Waals surface area contributed by atoms with Crippen LogP contribution in [0.15, 0.2) is 48.5 Å². The molecule has 0 aromatic heterocycles. The van der Waals surface area contributed by atoms with Gasteiger partial charge in [-0.1, -0.05) is 13.8 Å². The van der Waals surface area contributed by atoms with Crippen LogP contribution in [0.4, 0.5) is 57.1 Å². The molecule has 3 atom stereocenters. The predicted molar refractivity (Wildman–Crippen MR) is 270 cm³/mol. The fourth-order valence-electron chi connectivity index (χ4n) is 7.28. The van der Waals surface area contributed by atoms with E-state index in [4.69, 9.17) is 53.0 Å². The maximum absolute atomic E-state index is 14.5. The van der Waals surface area contributed by atoms with Gasteiger partial charge in [0.05, 0.1) is 67.8 Å². The lowest BCUT2D eigenvalue weighted by Gasteiger charge is -2.39. The Morgan fingerprint density at radius 3 is 1.38 bits per heavy atom. The molecule has 0 bridgehead atoms. The molecule has 16 nitrogen and oxygen atoms in total. The maximum Gasteiger partial charge on any atom is 0.460 e. The number of hydrogen-bond donors (Lipinski definition) is 1. The largest absolute Gasteiger partial charge is 0.494 e. The summed E-state index contributed by atoms with van der Waals surface area (Å²) in [5.74, 6) is -45.5. The Kier molecular flexibility index (Phi) is 33.5. The number of esters is 4. The van der Waals surface area contributed by atoms with Crippen molar-refractivity contribution in [3.63, 3.8) is 0 Å². The molecule has 2 aromatic carbocycles. The third-order valence-electron chi connectivity index (χ3n) is 12.2. The lowest BCUT2D eigenvalue weighted by atomic mass is 9.86. The SMILES string of the molecule is CCC(CC(CC(C)C(=O)OCCCOCCCOCCCOCCCOCCCOCCCO)C(=O)OCCCCOc1ccc(C(=O)Oc2ccc(C#N)cc2)cc1)C(=O)OCCC(F)(F)C(F)(F)C(F)(F)C(F)(F)C(F)(F)C(F)(F)F. The second-order valence-electron chi connectivity index (χ2n) is 18.9. The first-order valence-electron chi connectivity index (χ1n) is 27.0. The van der Waals surface area contributed by atoms with Gasteiger partial charge < -0.3 is 52.5 Å². The van der Waals surface area contributed by atoms with Crippen molar-refractivity contribution in [2.45, 2.75) is 127 Å². The molecule has 0 aliphatic rings. The second kappa shape index (κ2) is 37.8. The zero-order valence-corrected chi connectivity index (χ0v) is 46.5. The molecule has 0 aliphatic carbocycles. The van der Waals surface area contributed by atoms with Gasteiger partial charge in [-0.25, -0.2) is 4.79 Å². The summed E-state index contributed by atoms with van der Waals surface area (Å²) in [4.78, 5) is 52.1. The summed E-state index contributed by atoms with van der Waals surface area (Å²) in [6.45, 7) is 5.19. The molecule has 1 N–H and O–H groups in total. The van der Waals surface area contributed by atoms with Crippen molar-refractivity contribution in [3.8, 4) is 17.6 Å². The van der Waals surface area contributed by atoms with Gasteiger partial charge in [-0.05, 0) is 113 Å². The molecule has 0 radical (unpaired) electrons. The van der Waals surface area contributed by atoms with Gasteiger partial charge in [0.1, 0.15) is 11.5 Å². The molecule has 2 aromatic rings. The van der Waals surface area contributed by atoms with E-state index in [1.54, 1.807) is 0 Å². The number of unbranched alkanes of at least 4 members (excludes halogenated alkanes) is 1. The molecular weight excluding hydrogens is 1160 g/mol. The van der Waals surface area contributed by atoms with Crippen LogP contribution in [0.1, 0.15) is 107 Å². The van der Waals surface area contributed by atoms with E-state index < -0.39 is 96.9 Å². The average Bonchev–Trinajstić information content (AvgIpc) is 0.856. The van der Waals surface area contributed by atoms with Crippen molar-refractivity contribution in [1.82, 2.24) is 0 Å². The summed E-state index contributed by atoms with van der Waals surface area (Å²) < 4.78 is 231. The van der Waals surface area contributed by atoms with E-state index in [0.717, 1.165) is 12.8 Å². The van der Waals surface area contributed by atoms with E-state index in [9.17, 15) is 76.3 Å². The van der Waals surface area contributed by atoms with E-state index in [1.165, 1.54) is 62.4 Å². The minimum Gasteiger partial charge on any atom is -0.494 e. The molecule has 0 amide bonds. The number of halogens is 13. The van der Waals surface area contributed by atoms with Crippen LogP contribution in [-0.4, -0.2) is 164 Å². The Balaban J connectivity index is 1.91. The van der Waals surface area contributed by atoms with Crippen LogP contribution in [0, 0.1) is 29.1 Å². The fraction of sp³-hybridized carbons (Fsp3) is 0.691. The summed E-state index contributed by atoms with van der Waals surface area (Å²) >= 11 is 0. The first-order valence-corrected chi connectivity index (χ1v) is 27.0. The summed E-state index contributed by atoms with van der Waals surface area (Å²) in [6, 6.07) is 13.7. The van der Waals surface area contributed by atoms with Crippen molar-refractivity contribution in [2.75, 3.05) is 99.1 Å². The van der Waals surface area contributed by atoms with Crippen LogP contribution in [0.25, 0.3) is 0 Å². The fourth-order valence-corrected chi connectivity index (χ4v) is 7.28. The molecule has 0 saturated carbocycles. The van der Waals surface area contributed by atoms with Gasteiger partial charge in [-0.3, -0.25) is 14.4 Å². The number of carbonyl (C=O) groups is 4.